The molecule has 33 heavy (non-hydrogen) atoms. The molecule has 3 rings (SSSR count). The molecule has 1 unspecified atom stereocenters. The number of hydrogen-bond donors (Lipinski definition) is 1. The molecule has 2 atom stereocenters. The van der Waals surface area contributed by atoms with Gasteiger partial charge in [0, 0.05) is 5.02 Å². The second-order valence-corrected chi connectivity index (χ2v) is 8.33. The molecule has 0 aliphatic carbocycles. The minimum Gasteiger partial charge on any atom is -0.481 e. The number of ether oxygens (including phenoxy) is 3. The van der Waals surface area contributed by atoms with E-state index in [-0.39, 0.29) is 5.92 Å². The van der Waals surface area contributed by atoms with Crippen molar-refractivity contribution >= 4 is 34.5 Å². The highest BCUT2D eigenvalue weighted by molar-refractivity contribution is 6.31. The maximum Gasteiger partial charge on any atom is 0.328 e. The van der Waals surface area contributed by atoms with Gasteiger partial charge in [-0.1, -0.05) is 25.4 Å². The van der Waals surface area contributed by atoms with E-state index in [0.717, 1.165) is 0 Å². The van der Waals surface area contributed by atoms with Crippen LogP contribution in [0.1, 0.15) is 27.2 Å². The third-order valence-electron chi connectivity index (χ3n) is 4.72. The van der Waals surface area contributed by atoms with Gasteiger partial charge < -0.3 is 19.5 Å². The summed E-state index contributed by atoms with van der Waals surface area (Å²) >= 11 is 5.97. The average Bonchev–Trinajstić information content (AvgIpc) is 2.79. The molecule has 174 valence electrons. The zero-order chi connectivity index (χ0) is 24.0. The van der Waals surface area contributed by atoms with Gasteiger partial charge in [-0.25, -0.2) is 14.8 Å². The lowest BCUT2D eigenvalue weighted by molar-refractivity contribution is -0.146. The molecule has 1 aromatic heterocycles. The second kappa shape index (κ2) is 11.0. The first-order valence-electron chi connectivity index (χ1n) is 10.5. The predicted molar refractivity (Wildman–Crippen MR) is 125 cm³/mol. The maximum absolute atomic E-state index is 12.5. The molecule has 0 aliphatic heterocycles. The predicted octanol–water partition coefficient (Wildman–Crippen LogP) is 4.55. The van der Waals surface area contributed by atoms with Crippen molar-refractivity contribution in [2.45, 2.75) is 39.3 Å². The summed E-state index contributed by atoms with van der Waals surface area (Å²) < 4.78 is 16.2. The summed E-state index contributed by atoms with van der Waals surface area (Å²) in [5.41, 5.74) is 1.34. The topological polar surface area (TPSA) is 99.6 Å². The Hall–Kier alpha value is -3.39. The van der Waals surface area contributed by atoms with Crippen LogP contribution in [0.25, 0.3) is 11.0 Å². The second-order valence-electron chi connectivity index (χ2n) is 7.89. The number of halogens is 1. The molecule has 1 N–H and O–H groups in total. The minimum absolute atomic E-state index is 0.211. The van der Waals surface area contributed by atoms with Crippen molar-refractivity contribution in [3.05, 3.63) is 53.7 Å². The first-order chi connectivity index (χ1) is 15.7. The van der Waals surface area contributed by atoms with Crippen molar-refractivity contribution < 1.29 is 23.8 Å². The van der Waals surface area contributed by atoms with Gasteiger partial charge in [-0.05, 0) is 61.7 Å². The molecular formula is C24H26ClN3O5. The summed E-state index contributed by atoms with van der Waals surface area (Å²) in [5, 5.41) is 3.28. The monoisotopic (exact) mass is 471 g/mol. The standard InChI is InChI=1S/C24H26ClN3O5/c1-14(2)11-21(24(30)31-4)28-23(29)15(3)32-17-6-8-18(9-7-17)33-22-13-26-20-12-16(25)5-10-19(20)27-22/h5-10,12-15,21H,11H2,1-4H3,(H,28,29)/t15?,21-/m0/s1. The molecule has 1 heterocycles. The summed E-state index contributed by atoms with van der Waals surface area (Å²) in [5.74, 6) is 0.671. The molecule has 0 saturated carbocycles. The molecule has 0 fully saturated rings. The van der Waals surface area contributed by atoms with Gasteiger partial charge in [0.15, 0.2) is 6.10 Å². The zero-order valence-corrected chi connectivity index (χ0v) is 19.6. The van der Waals surface area contributed by atoms with E-state index < -0.39 is 24.0 Å². The summed E-state index contributed by atoms with van der Waals surface area (Å²) in [6.45, 7) is 5.54. The van der Waals surface area contributed by atoms with Crippen LogP contribution in [0.3, 0.4) is 0 Å². The van der Waals surface area contributed by atoms with Gasteiger partial charge in [-0.3, -0.25) is 4.79 Å². The number of carbonyl (C=O) groups is 2. The molecule has 3 aromatic rings. The number of rotatable bonds is 9. The smallest absolute Gasteiger partial charge is 0.328 e. The van der Waals surface area contributed by atoms with Crippen molar-refractivity contribution in [2.75, 3.05) is 7.11 Å². The molecule has 0 bridgehead atoms. The lowest BCUT2D eigenvalue weighted by Crippen LogP contribution is -2.47. The van der Waals surface area contributed by atoms with Crippen LogP contribution < -0.4 is 14.8 Å². The van der Waals surface area contributed by atoms with Gasteiger partial charge in [0.1, 0.15) is 17.5 Å². The quantitative estimate of drug-likeness (QED) is 0.457. The number of hydrogen-bond acceptors (Lipinski definition) is 7. The lowest BCUT2D eigenvalue weighted by atomic mass is 10.0. The van der Waals surface area contributed by atoms with Gasteiger partial charge >= 0.3 is 5.97 Å². The van der Waals surface area contributed by atoms with E-state index in [4.69, 9.17) is 25.8 Å². The highest BCUT2D eigenvalue weighted by Crippen LogP contribution is 2.25. The number of nitrogens with one attached hydrogen (secondary N) is 1. The van der Waals surface area contributed by atoms with Crippen molar-refractivity contribution in [2.24, 2.45) is 5.92 Å². The number of amides is 1. The third kappa shape index (κ3) is 6.79. The fraction of sp³-hybridized carbons (Fsp3) is 0.333. The van der Waals surface area contributed by atoms with Crippen molar-refractivity contribution in [3.8, 4) is 17.4 Å². The van der Waals surface area contributed by atoms with Crippen LogP contribution in [0, 0.1) is 5.92 Å². The van der Waals surface area contributed by atoms with E-state index in [2.05, 4.69) is 15.3 Å². The normalized spacial score (nSPS) is 12.8. The summed E-state index contributed by atoms with van der Waals surface area (Å²) in [7, 11) is 1.30. The van der Waals surface area contributed by atoms with E-state index in [0.29, 0.717) is 39.9 Å². The van der Waals surface area contributed by atoms with Crippen molar-refractivity contribution in [1.82, 2.24) is 15.3 Å². The van der Waals surface area contributed by atoms with E-state index in [1.54, 1.807) is 49.4 Å². The molecular weight excluding hydrogens is 446 g/mol. The van der Waals surface area contributed by atoms with E-state index >= 15 is 0 Å². The Morgan fingerprint density at radius 2 is 1.73 bits per heavy atom. The summed E-state index contributed by atoms with van der Waals surface area (Å²) in [6, 6.07) is 11.3. The number of aromatic nitrogens is 2. The fourth-order valence-electron chi connectivity index (χ4n) is 3.10. The Morgan fingerprint density at radius 1 is 1.03 bits per heavy atom. The minimum atomic E-state index is -0.811. The first kappa shape index (κ1) is 24.3. The molecule has 2 aromatic carbocycles. The number of benzene rings is 2. The van der Waals surface area contributed by atoms with Gasteiger partial charge in [0.05, 0.1) is 24.3 Å². The molecule has 0 aliphatic rings. The Labute approximate surface area is 197 Å². The van der Waals surface area contributed by atoms with Gasteiger partial charge in [0.2, 0.25) is 5.88 Å². The number of nitrogens with zero attached hydrogens (tertiary/aromatic N) is 2. The Balaban J connectivity index is 1.59. The lowest BCUT2D eigenvalue weighted by Gasteiger charge is -2.21. The zero-order valence-electron chi connectivity index (χ0n) is 18.9. The van der Waals surface area contributed by atoms with Crippen molar-refractivity contribution in [1.29, 1.82) is 0 Å². The van der Waals surface area contributed by atoms with Crippen LogP contribution in [0.15, 0.2) is 48.7 Å². The average molecular weight is 472 g/mol. The van der Waals surface area contributed by atoms with Crippen LogP contribution in [0.4, 0.5) is 0 Å². The van der Waals surface area contributed by atoms with Crippen LogP contribution in [-0.4, -0.2) is 41.1 Å². The van der Waals surface area contributed by atoms with Gasteiger partial charge in [-0.2, -0.15) is 0 Å². The van der Waals surface area contributed by atoms with Gasteiger partial charge in [-0.15, -0.1) is 0 Å². The largest absolute Gasteiger partial charge is 0.481 e. The summed E-state index contributed by atoms with van der Waals surface area (Å²) in [4.78, 5) is 33.1. The number of fused-ring (bicyclic) bond motifs is 1. The SMILES string of the molecule is COC(=O)[C@H](CC(C)C)NC(=O)C(C)Oc1ccc(Oc2cnc3cc(Cl)ccc3n2)cc1. The molecule has 9 heteroatoms. The number of carbonyl (C=O) groups excluding carboxylic acids is 2. The highest BCUT2D eigenvalue weighted by atomic mass is 35.5. The van der Waals surface area contributed by atoms with Gasteiger partial charge in [0.25, 0.3) is 5.91 Å². The number of methoxy groups -OCH3 is 1. The molecule has 0 radical (unpaired) electrons. The maximum atomic E-state index is 12.5. The highest BCUT2D eigenvalue weighted by Gasteiger charge is 2.25. The van der Waals surface area contributed by atoms with E-state index in [1.165, 1.54) is 13.3 Å². The molecule has 8 nitrogen and oxygen atoms in total. The Kier molecular flexibility index (Phi) is 8.06. The number of esters is 1. The van der Waals surface area contributed by atoms with Crippen LogP contribution in [0.2, 0.25) is 5.02 Å². The molecule has 1 amide bonds. The van der Waals surface area contributed by atoms with Crippen LogP contribution in [0.5, 0.6) is 17.4 Å². The van der Waals surface area contributed by atoms with Crippen LogP contribution in [-0.2, 0) is 14.3 Å². The van der Waals surface area contributed by atoms with Crippen molar-refractivity contribution in [3.63, 3.8) is 0 Å². The third-order valence-corrected chi connectivity index (χ3v) is 4.95. The van der Waals surface area contributed by atoms with Crippen LogP contribution >= 0.6 is 11.6 Å². The van der Waals surface area contributed by atoms with E-state index in [1.807, 2.05) is 13.8 Å². The summed E-state index contributed by atoms with van der Waals surface area (Å²) in [6.07, 6.45) is 1.18. The Bertz CT molecular complexity index is 1120. The van der Waals surface area contributed by atoms with E-state index in [9.17, 15) is 9.59 Å². The molecule has 0 saturated heterocycles. The fourth-order valence-corrected chi connectivity index (χ4v) is 3.26. The Morgan fingerprint density at radius 3 is 2.39 bits per heavy atom. The molecule has 0 spiro atoms. The first-order valence-corrected chi connectivity index (χ1v) is 10.9.